The summed E-state index contributed by atoms with van der Waals surface area (Å²) in [5, 5.41) is 6.30. The Morgan fingerprint density at radius 2 is 1.89 bits per heavy atom. The van der Waals surface area contributed by atoms with Crippen LogP contribution in [-0.4, -0.2) is 24.2 Å². The van der Waals surface area contributed by atoms with Gasteiger partial charge in [-0.2, -0.15) is 0 Å². The van der Waals surface area contributed by atoms with E-state index in [1.54, 1.807) is 0 Å². The van der Waals surface area contributed by atoms with Gasteiger partial charge in [-0.1, -0.05) is 24.3 Å². The normalized spacial score (nSPS) is 20.3. The van der Waals surface area contributed by atoms with Crippen molar-refractivity contribution in [3.05, 3.63) is 64.5 Å². The van der Waals surface area contributed by atoms with Crippen molar-refractivity contribution in [3.63, 3.8) is 0 Å². The van der Waals surface area contributed by atoms with Gasteiger partial charge in [0.25, 0.3) is 0 Å². The Morgan fingerprint density at radius 3 is 2.63 bits per heavy atom. The molecule has 0 bridgehead atoms. The molecular weight excluding hydrogens is 338 g/mol. The van der Waals surface area contributed by atoms with Gasteiger partial charge >= 0.3 is 6.03 Å². The lowest BCUT2D eigenvalue weighted by Gasteiger charge is -2.39. The van der Waals surface area contributed by atoms with E-state index in [2.05, 4.69) is 39.9 Å². The lowest BCUT2D eigenvalue weighted by molar-refractivity contribution is 0.00214. The van der Waals surface area contributed by atoms with Gasteiger partial charge in [0.1, 0.15) is 0 Å². The Morgan fingerprint density at radius 1 is 1.19 bits per heavy atom. The standard InChI is InChI=1S/C22H27N3O2/c1-15-11-17(12-16(2)24-15)14-23-21(26)25-20-19-6-4-3-5-18(19)13-22(20)7-9-27-10-8-22/h3-6,11-12,20H,7-10,13-14H2,1-2H3,(H2,23,25,26). The number of pyridine rings is 1. The van der Waals surface area contributed by atoms with Gasteiger partial charge in [-0.15, -0.1) is 0 Å². The van der Waals surface area contributed by atoms with Crippen molar-refractivity contribution in [2.24, 2.45) is 5.41 Å². The first-order chi connectivity index (χ1) is 13.1. The predicted molar refractivity (Wildman–Crippen MR) is 104 cm³/mol. The van der Waals surface area contributed by atoms with Crippen LogP contribution in [0.3, 0.4) is 0 Å². The van der Waals surface area contributed by atoms with Crippen LogP contribution in [0, 0.1) is 19.3 Å². The number of carbonyl (C=O) groups is 1. The number of hydrogen-bond acceptors (Lipinski definition) is 3. The first-order valence-electron chi connectivity index (χ1n) is 9.70. The summed E-state index contributed by atoms with van der Waals surface area (Å²) in [6, 6.07) is 12.4. The second kappa shape index (κ2) is 7.31. The summed E-state index contributed by atoms with van der Waals surface area (Å²) in [5.41, 5.74) is 5.69. The number of fused-ring (bicyclic) bond motifs is 1. The molecule has 4 rings (SSSR count). The molecule has 1 aromatic carbocycles. The van der Waals surface area contributed by atoms with Crippen LogP contribution in [0.25, 0.3) is 0 Å². The van der Waals surface area contributed by atoms with E-state index in [4.69, 9.17) is 4.74 Å². The zero-order valence-corrected chi connectivity index (χ0v) is 16.0. The molecule has 1 aliphatic carbocycles. The molecule has 142 valence electrons. The van der Waals surface area contributed by atoms with Gasteiger partial charge < -0.3 is 15.4 Å². The van der Waals surface area contributed by atoms with Crippen LogP contribution in [0.1, 0.15) is 47.0 Å². The van der Waals surface area contributed by atoms with Gasteiger partial charge in [-0.25, -0.2) is 4.79 Å². The van der Waals surface area contributed by atoms with Crippen molar-refractivity contribution in [2.75, 3.05) is 13.2 Å². The average molecular weight is 365 g/mol. The number of aromatic nitrogens is 1. The molecular formula is C22H27N3O2. The van der Waals surface area contributed by atoms with Crippen LogP contribution >= 0.6 is 0 Å². The van der Waals surface area contributed by atoms with Crippen LogP contribution < -0.4 is 10.6 Å². The van der Waals surface area contributed by atoms with Crippen LogP contribution in [-0.2, 0) is 17.7 Å². The Bertz CT molecular complexity index is 823. The van der Waals surface area contributed by atoms with E-state index in [1.165, 1.54) is 11.1 Å². The highest BCUT2D eigenvalue weighted by Gasteiger charge is 2.47. The van der Waals surface area contributed by atoms with E-state index < -0.39 is 0 Å². The number of nitrogens with zero attached hydrogens (tertiary/aromatic N) is 1. The number of nitrogens with one attached hydrogen (secondary N) is 2. The Hall–Kier alpha value is -2.40. The molecule has 5 nitrogen and oxygen atoms in total. The van der Waals surface area contributed by atoms with Crippen LogP contribution in [0.5, 0.6) is 0 Å². The van der Waals surface area contributed by atoms with Gasteiger partial charge in [0.15, 0.2) is 0 Å². The Kier molecular flexibility index (Phi) is 4.87. The molecule has 5 heteroatoms. The molecule has 0 radical (unpaired) electrons. The number of ether oxygens (including phenoxy) is 1. The number of amides is 2. The number of hydrogen-bond donors (Lipinski definition) is 2. The van der Waals surface area contributed by atoms with Crippen molar-refractivity contribution >= 4 is 6.03 Å². The third kappa shape index (κ3) is 3.69. The van der Waals surface area contributed by atoms with E-state index in [1.807, 2.05) is 26.0 Å². The fraction of sp³-hybridized carbons (Fsp3) is 0.455. The minimum Gasteiger partial charge on any atom is -0.381 e. The van der Waals surface area contributed by atoms with E-state index >= 15 is 0 Å². The van der Waals surface area contributed by atoms with E-state index in [0.29, 0.717) is 6.54 Å². The molecule has 1 atom stereocenters. The maximum absolute atomic E-state index is 12.7. The summed E-state index contributed by atoms with van der Waals surface area (Å²) in [4.78, 5) is 17.1. The van der Waals surface area contributed by atoms with Crippen molar-refractivity contribution in [3.8, 4) is 0 Å². The zero-order chi connectivity index (χ0) is 18.9. The van der Waals surface area contributed by atoms with Gasteiger partial charge in [-0.3, -0.25) is 4.98 Å². The van der Waals surface area contributed by atoms with E-state index in [-0.39, 0.29) is 17.5 Å². The summed E-state index contributed by atoms with van der Waals surface area (Å²) in [7, 11) is 0. The fourth-order valence-corrected chi connectivity index (χ4v) is 4.65. The molecule has 27 heavy (non-hydrogen) atoms. The molecule has 2 aromatic rings. The van der Waals surface area contributed by atoms with E-state index in [0.717, 1.165) is 49.4 Å². The molecule has 1 saturated heterocycles. The fourth-order valence-electron chi connectivity index (χ4n) is 4.65. The third-order valence-corrected chi connectivity index (χ3v) is 5.88. The SMILES string of the molecule is Cc1cc(CNC(=O)NC2c3ccccc3CC23CCOCC3)cc(C)n1. The molecule has 2 N–H and O–H groups in total. The van der Waals surface area contributed by atoms with Crippen molar-refractivity contribution in [1.82, 2.24) is 15.6 Å². The topological polar surface area (TPSA) is 63.2 Å². The zero-order valence-electron chi connectivity index (χ0n) is 16.0. The average Bonchev–Trinajstić information content (AvgIpc) is 2.93. The Balaban J connectivity index is 1.48. The van der Waals surface area contributed by atoms with Gasteiger partial charge in [0.2, 0.25) is 0 Å². The molecule has 2 heterocycles. The van der Waals surface area contributed by atoms with Gasteiger partial charge in [-0.05, 0) is 61.9 Å². The summed E-state index contributed by atoms with van der Waals surface area (Å²) in [6.07, 6.45) is 2.98. The molecule has 1 spiro atoms. The number of carbonyl (C=O) groups excluding carboxylic acids is 1. The summed E-state index contributed by atoms with van der Waals surface area (Å²) in [6.45, 7) is 5.98. The minimum atomic E-state index is -0.116. The minimum absolute atomic E-state index is 0.0403. The molecule has 1 aromatic heterocycles. The van der Waals surface area contributed by atoms with Crippen molar-refractivity contribution in [1.29, 1.82) is 0 Å². The van der Waals surface area contributed by atoms with Crippen molar-refractivity contribution < 1.29 is 9.53 Å². The second-order valence-electron chi connectivity index (χ2n) is 7.87. The molecule has 1 fully saturated rings. The highest BCUT2D eigenvalue weighted by molar-refractivity contribution is 5.75. The predicted octanol–water partition coefficient (Wildman–Crippen LogP) is 3.59. The maximum Gasteiger partial charge on any atom is 0.315 e. The van der Waals surface area contributed by atoms with Gasteiger partial charge in [0.05, 0.1) is 6.04 Å². The van der Waals surface area contributed by atoms with Crippen LogP contribution in [0.2, 0.25) is 0 Å². The van der Waals surface area contributed by atoms with Crippen LogP contribution in [0.4, 0.5) is 4.79 Å². The lowest BCUT2D eigenvalue weighted by atomic mass is 9.74. The van der Waals surface area contributed by atoms with Crippen LogP contribution in [0.15, 0.2) is 36.4 Å². The number of rotatable bonds is 3. The van der Waals surface area contributed by atoms with E-state index in [9.17, 15) is 4.79 Å². The summed E-state index contributed by atoms with van der Waals surface area (Å²) >= 11 is 0. The summed E-state index contributed by atoms with van der Waals surface area (Å²) < 4.78 is 5.60. The molecule has 1 aliphatic heterocycles. The third-order valence-electron chi connectivity index (χ3n) is 5.88. The van der Waals surface area contributed by atoms with Gasteiger partial charge in [0, 0.05) is 36.6 Å². The Labute approximate surface area is 160 Å². The number of urea groups is 1. The largest absolute Gasteiger partial charge is 0.381 e. The molecule has 1 unspecified atom stereocenters. The second-order valence-corrected chi connectivity index (χ2v) is 7.87. The summed E-state index contributed by atoms with van der Waals surface area (Å²) in [5.74, 6) is 0. The number of aryl methyl sites for hydroxylation is 2. The highest BCUT2D eigenvalue weighted by Crippen LogP contribution is 2.51. The molecule has 2 aliphatic rings. The molecule has 2 amide bonds. The quantitative estimate of drug-likeness (QED) is 0.874. The maximum atomic E-state index is 12.7. The highest BCUT2D eigenvalue weighted by atomic mass is 16.5. The molecule has 0 saturated carbocycles. The number of benzene rings is 1. The van der Waals surface area contributed by atoms with Crippen molar-refractivity contribution in [2.45, 2.75) is 45.7 Å². The monoisotopic (exact) mass is 365 g/mol. The first kappa shape index (κ1) is 18.0. The first-order valence-corrected chi connectivity index (χ1v) is 9.70. The lowest BCUT2D eigenvalue weighted by Crippen LogP contribution is -2.45. The smallest absolute Gasteiger partial charge is 0.315 e.